The van der Waals surface area contributed by atoms with Crippen LogP contribution in [0.3, 0.4) is 0 Å². The first kappa shape index (κ1) is 6.09. The van der Waals surface area contributed by atoms with Crippen molar-refractivity contribution in [1.82, 2.24) is 9.97 Å². The van der Waals surface area contributed by atoms with E-state index in [0.29, 0.717) is 5.36 Å². The highest BCUT2D eigenvalue weighted by Gasteiger charge is 1.89. The van der Waals surface area contributed by atoms with Crippen LogP contribution in [0.15, 0.2) is 30.6 Å². The summed E-state index contributed by atoms with van der Waals surface area (Å²) in [6.07, 6.45) is 1.63. The molecule has 0 amide bonds. The Balaban J connectivity index is 3.00. The molecule has 2 rings (SSSR count). The van der Waals surface area contributed by atoms with Crippen molar-refractivity contribution in [3.05, 3.63) is 36.0 Å². The lowest BCUT2D eigenvalue weighted by molar-refractivity contribution is 1.28. The summed E-state index contributed by atoms with van der Waals surface area (Å²) in [7, 11) is 0. The van der Waals surface area contributed by atoms with Crippen molar-refractivity contribution in [3.63, 3.8) is 0 Å². The van der Waals surface area contributed by atoms with E-state index in [-0.39, 0.29) is 0 Å². The molecule has 0 atom stereocenters. The summed E-state index contributed by atoms with van der Waals surface area (Å²) >= 11 is 0. The van der Waals surface area contributed by atoms with Crippen LogP contribution < -0.4 is 5.36 Å². The normalized spacial score (nSPS) is 10.2. The second-order valence-electron chi connectivity index (χ2n) is 2.33. The average molecular weight is 145 g/mol. The monoisotopic (exact) mass is 145 g/mol. The Morgan fingerprint density at radius 3 is 3.18 bits per heavy atom. The summed E-state index contributed by atoms with van der Waals surface area (Å²) in [4.78, 5) is 7.01. The standard InChI is InChI=1S/C8H7N3/c9-6-2-1-3-7-8(4-6)11-5-10-7/h1-5,9H,(H,10,11). The maximum absolute atomic E-state index is 7.39. The second kappa shape index (κ2) is 2.20. The third-order valence-corrected chi connectivity index (χ3v) is 1.53. The Hall–Kier alpha value is -1.64. The van der Waals surface area contributed by atoms with Gasteiger partial charge in [-0.3, -0.25) is 0 Å². The number of H-pyrrole nitrogens is 1. The van der Waals surface area contributed by atoms with Gasteiger partial charge >= 0.3 is 0 Å². The number of aromatic amines is 1. The third-order valence-electron chi connectivity index (χ3n) is 1.53. The zero-order chi connectivity index (χ0) is 7.68. The van der Waals surface area contributed by atoms with Crippen LogP contribution >= 0.6 is 0 Å². The summed E-state index contributed by atoms with van der Waals surface area (Å²) in [5, 5.41) is 7.88. The fourth-order valence-electron chi connectivity index (χ4n) is 1.01. The van der Waals surface area contributed by atoms with E-state index in [1.54, 1.807) is 18.5 Å². The zero-order valence-corrected chi connectivity index (χ0v) is 5.83. The summed E-state index contributed by atoms with van der Waals surface area (Å²) in [6.45, 7) is 0. The van der Waals surface area contributed by atoms with Gasteiger partial charge in [-0.2, -0.15) is 0 Å². The van der Waals surface area contributed by atoms with Crippen LogP contribution in [0, 0.1) is 5.41 Å². The van der Waals surface area contributed by atoms with Gasteiger partial charge < -0.3 is 10.4 Å². The van der Waals surface area contributed by atoms with Gasteiger partial charge in [-0.15, -0.1) is 0 Å². The van der Waals surface area contributed by atoms with E-state index >= 15 is 0 Å². The molecule has 0 unspecified atom stereocenters. The first-order chi connectivity index (χ1) is 5.36. The number of nitrogens with zero attached hydrogens (tertiary/aromatic N) is 1. The van der Waals surface area contributed by atoms with E-state index in [0.717, 1.165) is 11.0 Å². The lowest BCUT2D eigenvalue weighted by atomic mass is 10.4. The van der Waals surface area contributed by atoms with E-state index < -0.39 is 0 Å². The summed E-state index contributed by atoms with van der Waals surface area (Å²) in [5.74, 6) is 0. The van der Waals surface area contributed by atoms with Crippen molar-refractivity contribution in [2.75, 3.05) is 0 Å². The molecule has 3 heteroatoms. The Bertz CT molecular complexity index is 430. The number of rotatable bonds is 0. The Morgan fingerprint density at radius 1 is 1.36 bits per heavy atom. The van der Waals surface area contributed by atoms with Crippen LogP contribution in [-0.2, 0) is 0 Å². The predicted molar refractivity (Wildman–Crippen MR) is 41.9 cm³/mol. The molecule has 1 aromatic heterocycles. The first-order valence-corrected chi connectivity index (χ1v) is 3.34. The predicted octanol–water partition coefficient (Wildman–Crippen LogP) is 1.04. The van der Waals surface area contributed by atoms with Crippen LogP contribution in [0.25, 0.3) is 11.0 Å². The quantitative estimate of drug-likeness (QED) is 0.571. The minimum Gasteiger partial charge on any atom is -0.345 e. The fourth-order valence-corrected chi connectivity index (χ4v) is 1.01. The molecule has 0 saturated carbocycles. The number of hydrogen-bond acceptors (Lipinski definition) is 2. The molecule has 1 aromatic carbocycles. The van der Waals surface area contributed by atoms with Gasteiger partial charge in [-0.25, -0.2) is 4.98 Å². The maximum Gasteiger partial charge on any atom is 0.0931 e. The Kier molecular flexibility index (Phi) is 1.22. The molecule has 0 spiro atoms. The molecule has 0 aliphatic heterocycles. The summed E-state index contributed by atoms with van der Waals surface area (Å²) in [5.41, 5.74) is 1.79. The van der Waals surface area contributed by atoms with Crippen molar-refractivity contribution in [3.8, 4) is 0 Å². The number of imidazole rings is 1. The Labute approximate surface area is 63.2 Å². The topological polar surface area (TPSA) is 52.5 Å². The highest BCUT2D eigenvalue weighted by molar-refractivity contribution is 5.72. The molecule has 2 aromatic rings. The SMILES string of the molecule is N=c1cccc2nc[nH]c2c1. The molecular formula is C8H7N3. The number of hydrogen-bond donors (Lipinski definition) is 2. The van der Waals surface area contributed by atoms with Gasteiger partial charge in [0.1, 0.15) is 0 Å². The van der Waals surface area contributed by atoms with Gasteiger partial charge in [0.2, 0.25) is 0 Å². The average Bonchev–Trinajstić information content (AvgIpc) is 2.31. The lowest BCUT2D eigenvalue weighted by Gasteiger charge is -1.73. The van der Waals surface area contributed by atoms with E-state index in [9.17, 15) is 0 Å². The smallest absolute Gasteiger partial charge is 0.0931 e. The number of aromatic nitrogens is 2. The van der Waals surface area contributed by atoms with Crippen molar-refractivity contribution >= 4 is 11.0 Å². The molecule has 0 radical (unpaired) electrons. The molecular weight excluding hydrogens is 138 g/mol. The van der Waals surface area contributed by atoms with E-state index in [1.165, 1.54) is 0 Å². The molecule has 1 heterocycles. The maximum atomic E-state index is 7.39. The minimum absolute atomic E-state index is 0.490. The molecule has 2 N–H and O–H groups in total. The molecule has 0 saturated heterocycles. The van der Waals surface area contributed by atoms with Gasteiger partial charge in [0.05, 0.1) is 22.7 Å². The number of nitrogens with one attached hydrogen (secondary N) is 2. The van der Waals surface area contributed by atoms with E-state index in [2.05, 4.69) is 9.97 Å². The fraction of sp³-hybridized carbons (Fsp3) is 0. The molecule has 54 valence electrons. The van der Waals surface area contributed by atoms with Gasteiger partial charge in [0, 0.05) is 0 Å². The third kappa shape index (κ3) is 1.00. The van der Waals surface area contributed by atoms with Crippen LogP contribution in [0.4, 0.5) is 0 Å². The minimum atomic E-state index is 0.490. The van der Waals surface area contributed by atoms with Gasteiger partial charge in [-0.05, 0) is 18.2 Å². The molecule has 11 heavy (non-hydrogen) atoms. The van der Waals surface area contributed by atoms with Crippen LogP contribution in [-0.4, -0.2) is 9.97 Å². The van der Waals surface area contributed by atoms with Crippen molar-refractivity contribution in [1.29, 1.82) is 5.41 Å². The largest absolute Gasteiger partial charge is 0.345 e. The van der Waals surface area contributed by atoms with Gasteiger partial charge in [0.25, 0.3) is 0 Å². The van der Waals surface area contributed by atoms with Gasteiger partial charge in [-0.1, -0.05) is 6.07 Å². The van der Waals surface area contributed by atoms with Crippen molar-refractivity contribution in [2.45, 2.75) is 0 Å². The molecule has 0 aliphatic carbocycles. The van der Waals surface area contributed by atoms with Crippen LogP contribution in [0.1, 0.15) is 0 Å². The van der Waals surface area contributed by atoms with Crippen LogP contribution in [0.5, 0.6) is 0 Å². The molecule has 3 nitrogen and oxygen atoms in total. The summed E-state index contributed by atoms with van der Waals surface area (Å²) < 4.78 is 0. The first-order valence-electron chi connectivity index (χ1n) is 3.34. The molecule has 0 bridgehead atoms. The number of fused-ring (bicyclic) bond motifs is 1. The van der Waals surface area contributed by atoms with E-state index in [1.807, 2.05) is 12.1 Å². The Morgan fingerprint density at radius 2 is 2.27 bits per heavy atom. The van der Waals surface area contributed by atoms with Crippen LogP contribution in [0.2, 0.25) is 0 Å². The highest BCUT2D eigenvalue weighted by Crippen LogP contribution is 2.01. The molecule has 0 fully saturated rings. The molecule has 0 aliphatic rings. The lowest BCUT2D eigenvalue weighted by Crippen LogP contribution is -1.89. The highest BCUT2D eigenvalue weighted by atomic mass is 14.9. The second-order valence-corrected chi connectivity index (χ2v) is 2.33. The van der Waals surface area contributed by atoms with E-state index in [4.69, 9.17) is 5.41 Å². The van der Waals surface area contributed by atoms with Crippen molar-refractivity contribution in [2.24, 2.45) is 0 Å². The zero-order valence-electron chi connectivity index (χ0n) is 5.83. The van der Waals surface area contributed by atoms with Crippen molar-refractivity contribution < 1.29 is 0 Å². The van der Waals surface area contributed by atoms with Gasteiger partial charge in [0.15, 0.2) is 0 Å². The summed E-state index contributed by atoms with van der Waals surface area (Å²) in [6, 6.07) is 7.19.